The summed E-state index contributed by atoms with van der Waals surface area (Å²) < 4.78 is 1.15. The second kappa shape index (κ2) is 5.22. The highest BCUT2D eigenvalue weighted by Crippen LogP contribution is 2.31. The Bertz CT molecular complexity index is 485. The highest BCUT2D eigenvalue weighted by Gasteiger charge is 2.14. The van der Waals surface area contributed by atoms with Gasteiger partial charge in [0.25, 0.3) is 5.69 Å². The van der Waals surface area contributed by atoms with E-state index in [1.807, 2.05) is 0 Å². The fourth-order valence-corrected chi connectivity index (χ4v) is 1.70. The molecule has 0 aliphatic carbocycles. The number of rotatable bonds is 3. The van der Waals surface area contributed by atoms with Crippen LogP contribution < -0.4 is 0 Å². The van der Waals surface area contributed by atoms with Gasteiger partial charge in [-0.05, 0) is 44.0 Å². The summed E-state index contributed by atoms with van der Waals surface area (Å²) in [6.45, 7) is 0. The Kier molecular flexibility index (Phi) is 4.19. The SMILES string of the molecule is O=C(O)/C=C/c1cc(Br)c(Br)cc1[N+](=O)[O-]. The Hall–Kier alpha value is -1.21. The number of benzene rings is 1. The molecule has 0 spiro atoms. The third-order valence-electron chi connectivity index (χ3n) is 1.67. The number of nitro benzene ring substituents is 1. The lowest BCUT2D eigenvalue weighted by atomic mass is 10.1. The molecular weight excluding hydrogens is 346 g/mol. The topological polar surface area (TPSA) is 80.4 Å². The van der Waals surface area contributed by atoms with Gasteiger partial charge in [0.05, 0.1) is 10.5 Å². The van der Waals surface area contributed by atoms with Gasteiger partial charge in [0.1, 0.15) is 0 Å². The van der Waals surface area contributed by atoms with Crippen LogP contribution >= 0.6 is 31.9 Å². The lowest BCUT2D eigenvalue weighted by Gasteiger charge is -2.00. The first kappa shape index (κ1) is 12.9. The fourth-order valence-electron chi connectivity index (χ4n) is 1.00. The normalized spacial score (nSPS) is 10.6. The number of carbonyl (C=O) groups is 1. The minimum atomic E-state index is -1.16. The molecule has 0 unspecified atom stereocenters. The first-order valence-corrected chi connectivity index (χ1v) is 5.55. The number of hydrogen-bond acceptors (Lipinski definition) is 3. The van der Waals surface area contributed by atoms with E-state index >= 15 is 0 Å². The molecule has 0 aromatic heterocycles. The molecule has 0 radical (unpaired) electrons. The highest BCUT2D eigenvalue weighted by molar-refractivity contribution is 9.13. The number of carboxylic acid groups (broad SMARTS) is 1. The van der Waals surface area contributed by atoms with E-state index in [-0.39, 0.29) is 11.3 Å². The molecule has 0 atom stereocenters. The Morgan fingerprint density at radius 2 is 1.94 bits per heavy atom. The summed E-state index contributed by atoms with van der Waals surface area (Å²) >= 11 is 6.32. The maximum atomic E-state index is 10.7. The van der Waals surface area contributed by atoms with Crippen molar-refractivity contribution in [3.05, 3.63) is 42.8 Å². The van der Waals surface area contributed by atoms with Crippen LogP contribution in [0.3, 0.4) is 0 Å². The number of halogens is 2. The van der Waals surface area contributed by atoms with Crippen molar-refractivity contribution in [2.24, 2.45) is 0 Å². The van der Waals surface area contributed by atoms with Crippen LogP contribution in [0.4, 0.5) is 5.69 Å². The molecule has 1 aromatic rings. The van der Waals surface area contributed by atoms with Crippen LogP contribution in [-0.2, 0) is 4.79 Å². The van der Waals surface area contributed by atoms with Crippen LogP contribution in [0.5, 0.6) is 0 Å². The van der Waals surface area contributed by atoms with Crippen molar-refractivity contribution in [3.8, 4) is 0 Å². The van der Waals surface area contributed by atoms with Crippen LogP contribution in [0.2, 0.25) is 0 Å². The monoisotopic (exact) mass is 349 g/mol. The molecule has 0 saturated carbocycles. The van der Waals surface area contributed by atoms with Crippen molar-refractivity contribution >= 4 is 49.6 Å². The van der Waals surface area contributed by atoms with E-state index in [1.54, 1.807) is 0 Å². The molecule has 0 heterocycles. The number of aliphatic carboxylic acids is 1. The van der Waals surface area contributed by atoms with E-state index in [9.17, 15) is 14.9 Å². The molecule has 1 aromatic carbocycles. The molecule has 1 N–H and O–H groups in total. The highest BCUT2D eigenvalue weighted by atomic mass is 79.9. The van der Waals surface area contributed by atoms with Crippen LogP contribution in [-0.4, -0.2) is 16.0 Å². The van der Waals surface area contributed by atoms with E-state index in [0.29, 0.717) is 8.95 Å². The number of hydrogen-bond donors (Lipinski definition) is 1. The summed E-state index contributed by atoms with van der Waals surface area (Å²) in [4.78, 5) is 20.5. The number of nitro groups is 1. The molecule has 0 fully saturated rings. The van der Waals surface area contributed by atoms with E-state index < -0.39 is 10.9 Å². The van der Waals surface area contributed by atoms with Crippen molar-refractivity contribution in [3.63, 3.8) is 0 Å². The van der Waals surface area contributed by atoms with Crippen molar-refractivity contribution in [2.45, 2.75) is 0 Å². The Morgan fingerprint density at radius 1 is 1.38 bits per heavy atom. The third kappa shape index (κ3) is 3.14. The summed E-state index contributed by atoms with van der Waals surface area (Å²) in [6, 6.07) is 2.78. The Morgan fingerprint density at radius 3 is 2.44 bits per heavy atom. The van der Waals surface area contributed by atoms with Gasteiger partial charge in [-0.15, -0.1) is 0 Å². The summed E-state index contributed by atoms with van der Waals surface area (Å²) in [7, 11) is 0. The zero-order valence-electron chi connectivity index (χ0n) is 7.68. The quantitative estimate of drug-likeness (QED) is 0.515. The molecule has 0 saturated heterocycles. The average molecular weight is 351 g/mol. The molecule has 0 amide bonds. The van der Waals surface area contributed by atoms with Gasteiger partial charge in [0.15, 0.2) is 0 Å². The molecule has 7 heteroatoms. The maximum absolute atomic E-state index is 10.7. The zero-order chi connectivity index (χ0) is 12.3. The van der Waals surface area contributed by atoms with Crippen LogP contribution in [0.25, 0.3) is 6.08 Å². The minimum Gasteiger partial charge on any atom is -0.478 e. The molecule has 0 aliphatic rings. The van der Waals surface area contributed by atoms with E-state index in [2.05, 4.69) is 31.9 Å². The first-order valence-electron chi connectivity index (χ1n) is 3.96. The van der Waals surface area contributed by atoms with Gasteiger partial charge < -0.3 is 5.11 Å². The summed E-state index contributed by atoms with van der Waals surface area (Å²) in [5.41, 5.74) is 0.0649. The molecular formula is C9H5Br2NO4. The van der Waals surface area contributed by atoms with Gasteiger partial charge in [0.2, 0.25) is 0 Å². The molecule has 0 aliphatic heterocycles. The second-order valence-electron chi connectivity index (χ2n) is 2.75. The van der Waals surface area contributed by atoms with E-state index in [0.717, 1.165) is 6.08 Å². The van der Waals surface area contributed by atoms with Crippen molar-refractivity contribution in [1.82, 2.24) is 0 Å². The average Bonchev–Trinajstić information content (AvgIpc) is 2.18. The lowest BCUT2D eigenvalue weighted by molar-refractivity contribution is -0.385. The van der Waals surface area contributed by atoms with Crippen LogP contribution in [0, 0.1) is 10.1 Å². The van der Waals surface area contributed by atoms with Gasteiger partial charge in [-0.25, -0.2) is 4.79 Å². The molecule has 0 bridgehead atoms. The number of carboxylic acids is 1. The molecule has 16 heavy (non-hydrogen) atoms. The third-order valence-corrected chi connectivity index (χ3v) is 3.52. The largest absolute Gasteiger partial charge is 0.478 e. The van der Waals surface area contributed by atoms with Crippen molar-refractivity contribution in [1.29, 1.82) is 0 Å². The predicted molar refractivity (Wildman–Crippen MR) is 65.2 cm³/mol. The van der Waals surface area contributed by atoms with Crippen LogP contribution in [0.15, 0.2) is 27.2 Å². The van der Waals surface area contributed by atoms with Gasteiger partial charge in [-0.3, -0.25) is 10.1 Å². The first-order chi connectivity index (χ1) is 7.41. The molecule has 1 rings (SSSR count). The predicted octanol–water partition coefficient (Wildman–Crippen LogP) is 3.22. The fraction of sp³-hybridized carbons (Fsp3) is 0. The van der Waals surface area contributed by atoms with E-state index in [1.165, 1.54) is 18.2 Å². The van der Waals surface area contributed by atoms with Crippen LogP contribution in [0.1, 0.15) is 5.56 Å². The number of nitrogens with zero attached hydrogens (tertiary/aromatic N) is 1. The standard InChI is InChI=1S/C9H5Br2NO4/c10-6-3-5(1-2-9(13)14)8(12(15)16)4-7(6)11/h1-4H,(H,13,14)/b2-1+. The van der Waals surface area contributed by atoms with Gasteiger partial charge in [0, 0.05) is 21.1 Å². The summed E-state index contributed by atoms with van der Waals surface area (Å²) in [6.07, 6.45) is 2.03. The van der Waals surface area contributed by atoms with Crippen molar-refractivity contribution in [2.75, 3.05) is 0 Å². The van der Waals surface area contributed by atoms with Gasteiger partial charge in [-0.2, -0.15) is 0 Å². The summed E-state index contributed by atoms with van der Waals surface area (Å²) in [5, 5.41) is 19.2. The second-order valence-corrected chi connectivity index (χ2v) is 4.46. The van der Waals surface area contributed by atoms with E-state index in [4.69, 9.17) is 5.11 Å². The maximum Gasteiger partial charge on any atom is 0.328 e. The Labute approximate surface area is 107 Å². The lowest BCUT2D eigenvalue weighted by Crippen LogP contribution is -1.93. The molecule has 5 nitrogen and oxygen atoms in total. The molecule has 84 valence electrons. The van der Waals surface area contributed by atoms with Gasteiger partial charge in [-0.1, -0.05) is 0 Å². The van der Waals surface area contributed by atoms with Gasteiger partial charge >= 0.3 is 5.97 Å². The summed E-state index contributed by atoms with van der Waals surface area (Å²) in [5.74, 6) is -1.16. The van der Waals surface area contributed by atoms with Crippen molar-refractivity contribution < 1.29 is 14.8 Å². The smallest absolute Gasteiger partial charge is 0.328 e. The zero-order valence-corrected chi connectivity index (χ0v) is 10.9. The minimum absolute atomic E-state index is 0.160. The Balaban J connectivity index is 3.30.